The highest BCUT2D eigenvalue weighted by molar-refractivity contribution is 5.30. The molecule has 1 N–H and O–H groups in total. The highest BCUT2D eigenvalue weighted by Gasteiger charge is 2.24. The standard InChI is InChI=1S/C12H21N3/c1-9-12(10-6-4-5-7-10)11(8-13-2)14-15(9)3/h10,13H,4-8H2,1-3H3. The molecule has 0 radical (unpaired) electrons. The summed E-state index contributed by atoms with van der Waals surface area (Å²) in [6.45, 7) is 3.09. The quantitative estimate of drug-likeness (QED) is 0.822. The molecule has 1 heterocycles. The smallest absolute Gasteiger partial charge is 0.0799 e. The van der Waals surface area contributed by atoms with Crippen molar-refractivity contribution in [2.75, 3.05) is 7.05 Å². The maximum atomic E-state index is 4.60. The van der Waals surface area contributed by atoms with Crippen LogP contribution in [0.15, 0.2) is 0 Å². The summed E-state index contributed by atoms with van der Waals surface area (Å²) in [5.41, 5.74) is 4.13. The lowest BCUT2D eigenvalue weighted by atomic mass is 9.95. The van der Waals surface area contributed by atoms with Gasteiger partial charge in [-0.2, -0.15) is 5.10 Å². The highest BCUT2D eigenvalue weighted by Crippen LogP contribution is 2.37. The zero-order valence-corrected chi connectivity index (χ0v) is 10.0. The summed E-state index contributed by atoms with van der Waals surface area (Å²) in [4.78, 5) is 0. The molecule has 3 nitrogen and oxygen atoms in total. The van der Waals surface area contributed by atoms with Crippen LogP contribution in [0.1, 0.15) is 48.6 Å². The maximum Gasteiger partial charge on any atom is 0.0799 e. The molecule has 1 aliphatic carbocycles. The van der Waals surface area contributed by atoms with Gasteiger partial charge < -0.3 is 5.32 Å². The Hall–Kier alpha value is -0.830. The van der Waals surface area contributed by atoms with Crippen LogP contribution >= 0.6 is 0 Å². The van der Waals surface area contributed by atoms with Crippen LogP contribution in [0.25, 0.3) is 0 Å². The van der Waals surface area contributed by atoms with Gasteiger partial charge in [0.1, 0.15) is 0 Å². The minimum atomic E-state index is 0.766. The van der Waals surface area contributed by atoms with Crippen molar-refractivity contribution in [3.63, 3.8) is 0 Å². The van der Waals surface area contributed by atoms with E-state index in [-0.39, 0.29) is 0 Å². The summed E-state index contributed by atoms with van der Waals surface area (Å²) in [6, 6.07) is 0. The lowest BCUT2D eigenvalue weighted by Crippen LogP contribution is -2.09. The Kier molecular flexibility index (Phi) is 3.10. The molecule has 1 aromatic heterocycles. The highest BCUT2D eigenvalue weighted by atomic mass is 15.3. The molecule has 0 aliphatic heterocycles. The van der Waals surface area contributed by atoms with Crippen molar-refractivity contribution >= 4 is 0 Å². The fourth-order valence-electron chi connectivity index (χ4n) is 2.74. The summed E-state index contributed by atoms with van der Waals surface area (Å²) in [7, 11) is 4.04. The number of nitrogens with zero attached hydrogens (tertiary/aromatic N) is 2. The van der Waals surface area contributed by atoms with Crippen molar-refractivity contribution in [2.24, 2.45) is 7.05 Å². The minimum Gasteiger partial charge on any atom is -0.314 e. The predicted octanol–water partition coefficient (Wildman–Crippen LogP) is 2.11. The summed E-state index contributed by atoms with van der Waals surface area (Å²) in [6.07, 6.45) is 5.47. The molecule has 0 aromatic carbocycles. The van der Waals surface area contributed by atoms with Gasteiger partial charge in [-0.15, -0.1) is 0 Å². The molecule has 2 rings (SSSR count). The molecule has 1 saturated carbocycles. The van der Waals surface area contributed by atoms with Gasteiger partial charge in [-0.3, -0.25) is 4.68 Å². The van der Waals surface area contributed by atoms with E-state index < -0.39 is 0 Å². The van der Waals surface area contributed by atoms with E-state index in [0.29, 0.717) is 0 Å². The third-order valence-corrected chi connectivity index (χ3v) is 3.56. The van der Waals surface area contributed by atoms with E-state index in [1.165, 1.54) is 42.6 Å². The Morgan fingerprint density at radius 3 is 2.67 bits per heavy atom. The van der Waals surface area contributed by atoms with E-state index in [4.69, 9.17) is 0 Å². The Labute approximate surface area is 91.9 Å². The molecule has 0 spiro atoms. The molecular formula is C12H21N3. The van der Waals surface area contributed by atoms with Gasteiger partial charge in [0.05, 0.1) is 5.69 Å². The summed E-state index contributed by atoms with van der Waals surface area (Å²) >= 11 is 0. The third kappa shape index (κ3) is 1.93. The van der Waals surface area contributed by atoms with E-state index in [9.17, 15) is 0 Å². The number of hydrogen-bond donors (Lipinski definition) is 1. The molecule has 15 heavy (non-hydrogen) atoms. The molecule has 1 fully saturated rings. The summed E-state index contributed by atoms with van der Waals surface area (Å²) in [5.74, 6) is 0.766. The Balaban J connectivity index is 2.33. The number of hydrogen-bond acceptors (Lipinski definition) is 2. The van der Waals surface area contributed by atoms with E-state index >= 15 is 0 Å². The van der Waals surface area contributed by atoms with Crippen molar-refractivity contribution in [1.29, 1.82) is 0 Å². The SMILES string of the molecule is CNCc1nn(C)c(C)c1C1CCCC1. The van der Waals surface area contributed by atoms with Gasteiger partial charge >= 0.3 is 0 Å². The maximum absolute atomic E-state index is 4.60. The first-order valence-corrected chi connectivity index (χ1v) is 5.91. The molecule has 0 bridgehead atoms. The van der Waals surface area contributed by atoms with E-state index in [1.54, 1.807) is 0 Å². The van der Waals surface area contributed by atoms with Gasteiger partial charge in [0, 0.05) is 24.8 Å². The van der Waals surface area contributed by atoms with E-state index in [0.717, 1.165) is 12.5 Å². The van der Waals surface area contributed by atoms with Gasteiger partial charge in [0.15, 0.2) is 0 Å². The normalized spacial score (nSPS) is 17.5. The lowest BCUT2D eigenvalue weighted by molar-refractivity contribution is 0.690. The van der Waals surface area contributed by atoms with Crippen molar-refractivity contribution in [3.05, 3.63) is 17.0 Å². The van der Waals surface area contributed by atoms with E-state index in [2.05, 4.69) is 17.3 Å². The second-order valence-electron chi connectivity index (χ2n) is 4.58. The molecule has 3 heteroatoms. The molecule has 1 aliphatic rings. The van der Waals surface area contributed by atoms with Crippen LogP contribution in [0.4, 0.5) is 0 Å². The van der Waals surface area contributed by atoms with Crippen molar-refractivity contribution in [3.8, 4) is 0 Å². The first kappa shape index (κ1) is 10.7. The predicted molar refractivity (Wildman–Crippen MR) is 61.9 cm³/mol. The molecule has 0 atom stereocenters. The molecule has 0 amide bonds. The van der Waals surface area contributed by atoms with Gasteiger partial charge in [0.2, 0.25) is 0 Å². The molecule has 84 valence electrons. The van der Waals surface area contributed by atoms with Gasteiger partial charge in [-0.25, -0.2) is 0 Å². The lowest BCUT2D eigenvalue weighted by Gasteiger charge is -2.10. The molecule has 0 saturated heterocycles. The fourth-order valence-corrected chi connectivity index (χ4v) is 2.74. The Bertz CT molecular complexity index is 335. The topological polar surface area (TPSA) is 29.9 Å². The van der Waals surface area contributed by atoms with Crippen LogP contribution in [0.5, 0.6) is 0 Å². The van der Waals surface area contributed by atoms with Crippen LogP contribution in [0.2, 0.25) is 0 Å². The number of nitrogens with one attached hydrogen (secondary N) is 1. The zero-order valence-electron chi connectivity index (χ0n) is 10.0. The van der Waals surface area contributed by atoms with Gasteiger partial charge in [-0.05, 0) is 32.7 Å². The molecule has 0 unspecified atom stereocenters. The zero-order chi connectivity index (χ0) is 10.8. The molecular weight excluding hydrogens is 186 g/mol. The monoisotopic (exact) mass is 207 g/mol. The summed E-state index contributed by atoms with van der Waals surface area (Å²) < 4.78 is 2.03. The third-order valence-electron chi connectivity index (χ3n) is 3.56. The van der Waals surface area contributed by atoms with Crippen LogP contribution in [0.3, 0.4) is 0 Å². The van der Waals surface area contributed by atoms with Crippen LogP contribution in [0, 0.1) is 6.92 Å². The minimum absolute atomic E-state index is 0.766. The second-order valence-corrected chi connectivity index (χ2v) is 4.58. The first-order chi connectivity index (χ1) is 7.24. The molecule has 1 aromatic rings. The largest absolute Gasteiger partial charge is 0.314 e. The number of aromatic nitrogens is 2. The van der Waals surface area contributed by atoms with Crippen LogP contribution in [-0.2, 0) is 13.6 Å². The Morgan fingerprint density at radius 1 is 1.40 bits per heavy atom. The van der Waals surface area contributed by atoms with Crippen molar-refractivity contribution in [2.45, 2.75) is 45.1 Å². The van der Waals surface area contributed by atoms with Crippen LogP contribution in [-0.4, -0.2) is 16.8 Å². The first-order valence-electron chi connectivity index (χ1n) is 5.91. The number of aryl methyl sites for hydroxylation is 1. The van der Waals surface area contributed by atoms with E-state index in [1.807, 2.05) is 18.8 Å². The number of rotatable bonds is 3. The van der Waals surface area contributed by atoms with Crippen LogP contribution < -0.4 is 5.32 Å². The van der Waals surface area contributed by atoms with Gasteiger partial charge in [-0.1, -0.05) is 12.8 Å². The average molecular weight is 207 g/mol. The average Bonchev–Trinajstić information content (AvgIpc) is 2.78. The summed E-state index contributed by atoms with van der Waals surface area (Å²) in [5, 5.41) is 7.81. The Morgan fingerprint density at radius 2 is 2.07 bits per heavy atom. The second kappa shape index (κ2) is 4.35. The van der Waals surface area contributed by atoms with Crippen molar-refractivity contribution in [1.82, 2.24) is 15.1 Å². The van der Waals surface area contributed by atoms with Gasteiger partial charge in [0.25, 0.3) is 0 Å². The fraction of sp³-hybridized carbons (Fsp3) is 0.750. The van der Waals surface area contributed by atoms with Crippen molar-refractivity contribution < 1.29 is 0 Å².